The number of Topliss-reactive ketones (excluding diaryl/α,β-unsaturated/α-hetero) is 2. The summed E-state index contributed by atoms with van der Waals surface area (Å²) in [6.45, 7) is 5.45. The molecule has 120 valence electrons. The second-order valence-electron chi connectivity index (χ2n) is 6.10. The normalized spacial score (nSPS) is 14.2. The van der Waals surface area contributed by atoms with Crippen LogP contribution in [0.3, 0.4) is 0 Å². The molecule has 0 aromatic rings. The van der Waals surface area contributed by atoms with E-state index in [1.54, 1.807) is 0 Å². The second kappa shape index (κ2) is 9.13. The van der Waals surface area contributed by atoms with Gasteiger partial charge in [-0.3, -0.25) is 14.4 Å². The lowest BCUT2D eigenvalue weighted by Crippen LogP contribution is -2.23. The Morgan fingerprint density at radius 3 is 2.59 bits per heavy atom. The Hall–Kier alpha value is -1.97. The molecule has 1 rings (SSSR count). The molecule has 0 saturated heterocycles. The third-order valence-electron chi connectivity index (χ3n) is 3.20. The number of carbonyl (C=O) groups is 3. The first-order chi connectivity index (χ1) is 10.4. The molecule has 0 radical (unpaired) electrons. The summed E-state index contributed by atoms with van der Waals surface area (Å²) in [7, 11) is 0. The van der Waals surface area contributed by atoms with Crippen LogP contribution >= 0.6 is 0 Å². The van der Waals surface area contributed by atoms with Crippen LogP contribution in [0, 0.1) is 5.92 Å². The summed E-state index contributed by atoms with van der Waals surface area (Å²) >= 11 is 0. The van der Waals surface area contributed by atoms with Gasteiger partial charge >= 0.3 is 0 Å². The van der Waals surface area contributed by atoms with Crippen molar-refractivity contribution in [1.82, 2.24) is 5.32 Å². The van der Waals surface area contributed by atoms with Crippen molar-refractivity contribution in [2.75, 3.05) is 0 Å². The van der Waals surface area contributed by atoms with E-state index in [4.69, 9.17) is 0 Å². The van der Waals surface area contributed by atoms with Crippen LogP contribution in [0.4, 0.5) is 0 Å². The maximum absolute atomic E-state index is 11.8. The summed E-state index contributed by atoms with van der Waals surface area (Å²) in [5.41, 5.74) is 1.90. The molecule has 22 heavy (non-hydrogen) atoms. The molecule has 0 bridgehead atoms. The highest BCUT2D eigenvalue weighted by Gasteiger charge is 2.09. The van der Waals surface area contributed by atoms with Gasteiger partial charge in [-0.25, -0.2) is 0 Å². The van der Waals surface area contributed by atoms with E-state index in [0.717, 1.165) is 11.3 Å². The Morgan fingerprint density at radius 1 is 1.23 bits per heavy atom. The fourth-order valence-corrected chi connectivity index (χ4v) is 2.18. The summed E-state index contributed by atoms with van der Waals surface area (Å²) in [5, 5.41) is 2.92. The van der Waals surface area contributed by atoms with Gasteiger partial charge in [0.1, 0.15) is 11.6 Å². The zero-order valence-corrected chi connectivity index (χ0v) is 13.6. The average molecular weight is 303 g/mol. The third-order valence-corrected chi connectivity index (χ3v) is 3.20. The van der Waals surface area contributed by atoms with E-state index in [0.29, 0.717) is 31.6 Å². The summed E-state index contributed by atoms with van der Waals surface area (Å²) in [6, 6.07) is 0. The molecular formula is C18H25NO3. The van der Waals surface area contributed by atoms with E-state index in [9.17, 15) is 14.4 Å². The lowest BCUT2D eigenvalue weighted by molar-refractivity contribution is -0.126. The highest BCUT2D eigenvalue weighted by Crippen LogP contribution is 2.15. The van der Waals surface area contributed by atoms with Crippen LogP contribution in [0.5, 0.6) is 0 Å². The van der Waals surface area contributed by atoms with Crippen molar-refractivity contribution in [1.29, 1.82) is 0 Å². The molecule has 0 spiro atoms. The summed E-state index contributed by atoms with van der Waals surface area (Å²) in [5.74, 6) is 0.245. The largest absolute Gasteiger partial charge is 0.329 e. The Morgan fingerprint density at radius 2 is 1.95 bits per heavy atom. The Bertz CT molecular complexity index is 524. The first-order valence-corrected chi connectivity index (χ1v) is 7.74. The fourth-order valence-electron chi connectivity index (χ4n) is 2.18. The van der Waals surface area contributed by atoms with Crippen molar-refractivity contribution in [3.8, 4) is 0 Å². The van der Waals surface area contributed by atoms with Gasteiger partial charge < -0.3 is 5.32 Å². The van der Waals surface area contributed by atoms with Crippen LogP contribution < -0.4 is 5.32 Å². The minimum absolute atomic E-state index is 0.0172. The van der Waals surface area contributed by atoms with Crippen LogP contribution in [0.2, 0.25) is 0 Å². The first kappa shape index (κ1) is 18.1. The van der Waals surface area contributed by atoms with E-state index in [-0.39, 0.29) is 23.9 Å². The molecule has 0 aromatic carbocycles. The highest BCUT2D eigenvalue weighted by molar-refractivity contribution is 5.97. The molecule has 0 atom stereocenters. The molecule has 0 saturated carbocycles. The first-order valence-electron chi connectivity index (χ1n) is 7.74. The molecule has 4 heteroatoms. The number of nitrogens with one attached hydrogen (secondary N) is 1. The molecule has 0 unspecified atom stereocenters. The summed E-state index contributed by atoms with van der Waals surface area (Å²) in [6.07, 6.45) is 9.96. The standard InChI is InChI=1S/C18H25NO3/c1-13(2)11-18(22)19-16-6-4-5-15(7-9-16)8-10-17(21)12-14(3)20/h4-5,7,9,13H,6,8,10-12H2,1-3H3,(H,19,22). The number of carbonyl (C=O) groups excluding carboxylic acids is 3. The number of ketones is 2. The van der Waals surface area contributed by atoms with Gasteiger partial charge in [0.2, 0.25) is 5.91 Å². The summed E-state index contributed by atoms with van der Waals surface area (Å²) in [4.78, 5) is 34.2. The van der Waals surface area contributed by atoms with E-state index >= 15 is 0 Å². The lowest BCUT2D eigenvalue weighted by Gasteiger charge is -2.08. The van der Waals surface area contributed by atoms with Crippen molar-refractivity contribution in [3.05, 3.63) is 35.6 Å². The van der Waals surface area contributed by atoms with Crippen molar-refractivity contribution in [2.24, 2.45) is 5.92 Å². The van der Waals surface area contributed by atoms with Crippen LogP contribution in [-0.2, 0) is 14.4 Å². The minimum atomic E-state index is -0.0922. The van der Waals surface area contributed by atoms with Gasteiger partial charge in [0.05, 0.1) is 6.42 Å². The molecule has 1 aliphatic carbocycles. The molecule has 1 N–H and O–H groups in total. The van der Waals surface area contributed by atoms with Crippen LogP contribution in [0.15, 0.2) is 35.6 Å². The van der Waals surface area contributed by atoms with Crippen molar-refractivity contribution in [3.63, 3.8) is 0 Å². The van der Waals surface area contributed by atoms with Crippen LogP contribution in [0.25, 0.3) is 0 Å². The van der Waals surface area contributed by atoms with Crippen LogP contribution in [-0.4, -0.2) is 17.5 Å². The van der Waals surface area contributed by atoms with Gasteiger partial charge in [0.15, 0.2) is 0 Å². The van der Waals surface area contributed by atoms with E-state index in [1.165, 1.54) is 6.92 Å². The third kappa shape index (κ3) is 7.72. The Balaban J connectivity index is 2.52. The van der Waals surface area contributed by atoms with Gasteiger partial charge in [0.25, 0.3) is 0 Å². The highest BCUT2D eigenvalue weighted by atomic mass is 16.2. The van der Waals surface area contributed by atoms with E-state index < -0.39 is 0 Å². The maximum Gasteiger partial charge on any atom is 0.224 e. The number of allylic oxidation sites excluding steroid dienone is 5. The molecule has 1 aliphatic rings. The molecular weight excluding hydrogens is 278 g/mol. The zero-order valence-electron chi connectivity index (χ0n) is 13.6. The molecule has 4 nitrogen and oxygen atoms in total. The molecule has 0 aromatic heterocycles. The SMILES string of the molecule is CC(=O)CC(=O)CCC1=CC=C(NC(=O)CC(C)C)CC=C1. The van der Waals surface area contributed by atoms with Gasteiger partial charge in [0, 0.05) is 25.0 Å². The monoisotopic (exact) mass is 303 g/mol. The number of hydrogen-bond donors (Lipinski definition) is 1. The topological polar surface area (TPSA) is 63.2 Å². The lowest BCUT2D eigenvalue weighted by atomic mass is 10.0. The van der Waals surface area contributed by atoms with Crippen molar-refractivity contribution < 1.29 is 14.4 Å². The maximum atomic E-state index is 11.8. The van der Waals surface area contributed by atoms with E-state index in [1.807, 2.05) is 38.2 Å². The molecule has 0 aliphatic heterocycles. The molecule has 0 fully saturated rings. The predicted molar refractivity (Wildman–Crippen MR) is 87.1 cm³/mol. The number of rotatable bonds is 8. The Labute approximate surface area is 132 Å². The minimum Gasteiger partial charge on any atom is -0.329 e. The van der Waals surface area contributed by atoms with Crippen LogP contribution in [0.1, 0.15) is 52.9 Å². The smallest absolute Gasteiger partial charge is 0.224 e. The van der Waals surface area contributed by atoms with E-state index in [2.05, 4.69) is 5.32 Å². The quantitative estimate of drug-likeness (QED) is 0.700. The van der Waals surface area contributed by atoms with Crippen molar-refractivity contribution in [2.45, 2.75) is 52.9 Å². The van der Waals surface area contributed by atoms with Gasteiger partial charge in [-0.05, 0) is 30.9 Å². The van der Waals surface area contributed by atoms with Gasteiger partial charge in [-0.15, -0.1) is 0 Å². The predicted octanol–water partition coefficient (Wildman–Crippen LogP) is 3.25. The molecule has 1 amide bonds. The fraction of sp³-hybridized carbons (Fsp3) is 0.500. The molecule has 0 heterocycles. The average Bonchev–Trinajstić information content (AvgIpc) is 2.60. The Kier molecular flexibility index (Phi) is 7.50. The van der Waals surface area contributed by atoms with Crippen molar-refractivity contribution >= 4 is 17.5 Å². The number of amides is 1. The summed E-state index contributed by atoms with van der Waals surface area (Å²) < 4.78 is 0. The number of hydrogen-bond acceptors (Lipinski definition) is 3. The van der Waals surface area contributed by atoms with Gasteiger partial charge in [-0.1, -0.05) is 32.1 Å². The van der Waals surface area contributed by atoms with Gasteiger partial charge in [-0.2, -0.15) is 0 Å². The second-order valence-corrected chi connectivity index (χ2v) is 6.10. The zero-order chi connectivity index (χ0) is 16.5.